The van der Waals surface area contributed by atoms with Crippen molar-refractivity contribution < 1.29 is 24.6 Å². The molecule has 0 aromatic rings. The van der Waals surface area contributed by atoms with Crippen LogP contribution in [-0.2, 0) is 9.59 Å². The lowest BCUT2D eigenvalue weighted by Gasteiger charge is -2.17. The SMILES string of the molecule is CC(C)NC(=O)CCNC(=O)N[C@H](C(=O)O)[C@@H](C)O. The first-order valence-corrected chi connectivity index (χ1v) is 5.98. The third-order valence-electron chi connectivity index (χ3n) is 2.12. The maximum absolute atomic E-state index is 11.3. The van der Waals surface area contributed by atoms with Crippen molar-refractivity contribution in [3.05, 3.63) is 0 Å². The van der Waals surface area contributed by atoms with Crippen LogP contribution in [0, 0.1) is 0 Å². The Balaban J connectivity index is 3.99. The fourth-order valence-corrected chi connectivity index (χ4v) is 1.26. The molecule has 8 nitrogen and oxygen atoms in total. The quantitative estimate of drug-likeness (QED) is 0.408. The number of carboxylic acids is 1. The zero-order valence-corrected chi connectivity index (χ0v) is 11.3. The van der Waals surface area contributed by atoms with Crippen molar-refractivity contribution >= 4 is 17.9 Å². The molecule has 0 saturated heterocycles. The molecule has 0 aromatic carbocycles. The molecule has 0 aliphatic heterocycles. The number of hydrogen-bond acceptors (Lipinski definition) is 4. The summed E-state index contributed by atoms with van der Waals surface area (Å²) in [6, 6.07) is -2.11. The van der Waals surface area contributed by atoms with Gasteiger partial charge in [0.15, 0.2) is 6.04 Å². The summed E-state index contributed by atoms with van der Waals surface area (Å²) in [5.41, 5.74) is 0. The molecule has 110 valence electrons. The number of aliphatic carboxylic acids is 1. The van der Waals surface area contributed by atoms with Gasteiger partial charge in [-0.15, -0.1) is 0 Å². The molecule has 5 N–H and O–H groups in total. The van der Waals surface area contributed by atoms with E-state index in [0.29, 0.717) is 0 Å². The van der Waals surface area contributed by atoms with Crippen LogP contribution >= 0.6 is 0 Å². The van der Waals surface area contributed by atoms with E-state index in [0.717, 1.165) is 0 Å². The molecule has 0 fully saturated rings. The van der Waals surface area contributed by atoms with E-state index in [9.17, 15) is 14.4 Å². The Labute approximate surface area is 111 Å². The van der Waals surface area contributed by atoms with Gasteiger partial charge in [-0.3, -0.25) is 4.79 Å². The normalized spacial score (nSPS) is 13.5. The molecular weight excluding hydrogens is 254 g/mol. The van der Waals surface area contributed by atoms with Crippen LogP contribution in [0.3, 0.4) is 0 Å². The second-order valence-corrected chi connectivity index (χ2v) is 4.43. The van der Waals surface area contributed by atoms with Crippen LogP contribution < -0.4 is 16.0 Å². The van der Waals surface area contributed by atoms with Gasteiger partial charge in [0.05, 0.1) is 6.10 Å². The lowest BCUT2D eigenvalue weighted by Crippen LogP contribution is -2.51. The number of hydrogen-bond donors (Lipinski definition) is 5. The lowest BCUT2D eigenvalue weighted by molar-refractivity contribution is -0.141. The van der Waals surface area contributed by atoms with E-state index in [1.807, 2.05) is 13.8 Å². The first-order chi connectivity index (χ1) is 8.73. The van der Waals surface area contributed by atoms with Gasteiger partial charge in [0.25, 0.3) is 0 Å². The zero-order valence-electron chi connectivity index (χ0n) is 11.3. The summed E-state index contributed by atoms with van der Waals surface area (Å²) >= 11 is 0. The second-order valence-electron chi connectivity index (χ2n) is 4.43. The summed E-state index contributed by atoms with van der Waals surface area (Å²) < 4.78 is 0. The number of urea groups is 1. The number of aliphatic hydroxyl groups is 1. The molecular formula is C11H21N3O5. The molecule has 3 amide bonds. The minimum absolute atomic E-state index is 0.0213. The number of nitrogens with one attached hydrogen (secondary N) is 3. The number of carbonyl (C=O) groups excluding carboxylic acids is 2. The van der Waals surface area contributed by atoms with Gasteiger partial charge in [0.1, 0.15) is 0 Å². The van der Waals surface area contributed by atoms with Crippen LogP contribution in [0.4, 0.5) is 4.79 Å². The van der Waals surface area contributed by atoms with Gasteiger partial charge in [-0.2, -0.15) is 0 Å². The van der Waals surface area contributed by atoms with Gasteiger partial charge in [-0.25, -0.2) is 9.59 Å². The Morgan fingerprint density at radius 1 is 1.11 bits per heavy atom. The maximum atomic E-state index is 11.3. The molecule has 2 atom stereocenters. The van der Waals surface area contributed by atoms with Gasteiger partial charge >= 0.3 is 12.0 Å². The van der Waals surface area contributed by atoms with Crippen LogP contribution in [-0.4, -0.2) is 52.9 Å². The van der Waals surface area contributed by atoms with Gasteiger partial charge < -0.3 is 26.2 Å². The van der Waals surface area contributed by atoms with Gasteiger partial charge in [-0.05, 0) is 20.8 Å². The summed E-state index contributed by atoms with van der Waals surface area (Å²) in [6.45, 7) is 4.97. The Kier molecular flexibility index (Phi) is 7.50. The molecule has 0 spiro atoms. The summed E-state index contributed by atoms with van der Waals surface area (Å²) in [6.07, 6.45) is -1.12. The number of aliphatic hydroxyl groups excluding tert-OH is 1. The molecule has 0 saturated carbocycles. The minimum Gasteiger partial charge on any atom is -0.480 e. The van der Waals surface area contributed by atoms with E-state index in [1.54, 1.807) is 0 Å². The standard InChI is InChI=1S/C11H21N3O5/c1-6(2)13-8(16)4-5-12-11(19)14-9(7(3)15)10(17)18/h6-7,9,15H,4-5H2,1-3H3,(H,13,16)(H,17,18)(H2,12,14,19)/t7-,9+/m1/s1. The highest BCUT2D eigenvalue weighted by Crippen LogP contribution is 1.92. The van der Waals surface area contributed by atoms with Crippen molar-refractivity contribution in [1.29, 1.82) is 0 Å². The average Bonchev–Trinajstić information content (AvgIpc) is 2.23. The molecule has 0 aliphatic carbocycles. The monoisotopic (exact) mass is 275 g/mol. The predicted octanol–water partition coefficient (Wildman–Crippen LogP) is -0.966. The van der Waals surface area contributed by atoms with Gasteiger partial charge in [0.2, 0.25) is 5.91 Å². The summed E-state index contributed by atoms with van der Waals surface area (Å²) in [7, 11) is 0. The van der Waals surface area contributed by atoms with Crippen molar-refractivity contribution in [3.8, 4) is 0 Å². The Morgan fingerprint density at radius 3 is 2.11 bits per heavy atom. The summed E-state index contributed by atoms with van der Waals surface area (Å²) in [5.74, 6) is -1.54. The zero-order chi connectivity index (χ0) is 15.0. The van der Waals surface area contributed by atoms with Crippen LogP contribution in [0.1, 0.15) is 27.2 Å². The highest BCUT2D eigenvalue weighted by Gasteiger charge is 2.24. The molecule has 8 heteroatoms. The fraction of sp³-hybridized carbons (Fsp3) is 0.727. The fourth-order valence-electron chi connectivity index (χ4n) is 1.26. The van der Waals surface area contributed by atoms with Crippen LogP contribution in [0.25, 0.3) is 0 Å². The van der Waals surface area contributed by atoms with Crippen LogP contribution in [0.15, 0.2) is 0 Å². The van der Waals surface area contributed by atoms with Gasteiger partial charge in [0, 0.05) is 19.0 Å². The van der Waals surface area contributed by atoms with E-state index >= 15 is 0 Å². The minimum atomic E-state index is -1.38. The number of amides is 3. The highest BCUT2D eigenvalue weighted by atomic mass is 16.4. The lowest BCUT2D eigenvalue weighted by atomic mass is 10.2. The molecule has 19 heavy (non-hydrogen) atoms. The van der Waals surface area contributed by atoms with Crippen LogP contribution in [0.2, 0.25) is 0 Å². The largest absolute Gasteiger partial charge is 0.480 e. The van der Waals surface area contributed by atoms with Crippen LogP contribution in [0.5, 0.6) is 0 Å². The molecule has 0 unspecified atom stereocenters. The first-order valence-electron chi connectivity index (χ1n) is 5.98. The van der Waals surface area contributed by atoms with Crippen molar-refractivity contribution in [2.75, 3.05) is 6.54 Å². The van der Waals surface area contributed by atoms with E-state index in [4.69, 9.17) is 10.2 Å². The number of carbonyl (C=O) groups is 3. The smallest absolute Gasteiger partial charge is 0.328 e. The van der Waals surface area contributed by atoms with E-state index in [2.05, 4.69) is 16.0 Å². The first kappa shape index (κ1) is 17.2. The molecule has 0 heterocycles. The third kappa shape index (κ3) is 7.98. The number of rotatable bonds is 7. The average molecular weight is 275 g/mol. The Morgan fingerprint density at radius 2 is 1.68 bits per heavy atom. The summed E-state index contributed by atoms with van der Waals surface area (Å²) in [5, 5.41) is 25.0. The van der Waals surface area contributed by atoms with Gasteiger partial charge in [-0.1, -0.05) is 0 Å². The van der Waals surface area contributed by atoms with E-state index < -0.39 is 24.1 Å². The Bertz CT molecular complexity index is 330. The third-order valence-corrected chi connectivity index (χ3v) is 2.12. The predicted molar refractivity (Wildman–Crippen MR) is 67.5 cm³/mol. The summed E-state index contributed by atoms with van der Waals surface area (Å²) in [4.78, 5) is 33.3. The van der Waals surface area contributed by atoms with Crippen molar-refractivity contribution in [2.24, 2.45) is 0 Å². The molecule has 0 radical (unpaired) electrons. The second kappa shape index (κ2) is 8.30. The molecule has 0 rings (SSSR count). The molecule has 0 bridgehead atoms. The Hall–Kier alpha value is -1.83. The number of carboxylic acid groups (broad SMARTS) is 1. The van der Waals surface area contributed by atoms with Crippen molar-refractivity contribution in [3.63, 3.8) is 0 Å². The van der Waals surface area contributed by atoms with Crippen molar-refractivity contribution in [1.82, 2.24) is 16.0 Å². The van der Waals surface area contributed by atoms with Crippen molar-refractivity contribution in [2.45, 2.75) is 45.4 Å². The van der Waals surface area contributed by atoms with E-state index in [-0.39, 0.29) is 24.9 Å². The van der Waals surface area contributed by atoms with E-state index in [1.165, 1.54) is 6.92 Å². The highest BCUT2D eigenvalue weighted by molar-refractivity contribution is 5.83. The molecule has 0 aromatic heterocycles. The maximum Gasteiger partial charge on any atom is 0.328 e. The topological polar surface area (TPSA) is 128 Å². The molecule has 0 aliphatic rings.